The first-order chi connectivity index (χ1) is 20.7. The van der Waals surface area contributed by atoms with Gasteiger partial charge in [-0.3, -0.25) is 9.59 Å². The Morgan fingerprint density at radius 2 is 1.81 bits per heavy atom. The molecule has 0 aliphatic carbocycles. The minimum atomic E-state index is -1.23. The van der Waals surface area contributed by atoms with Crippen LogP contribution in [0.5, 0.6) is 5.75 Å². The van der Waals surface area contributed by atoms with E-state index in [1.54, 1.807) is 30.0 Å². The Labute approximate surface area is 268 Å². The molecule has 3 aromatic carbocycles. The average Bonchev–Trinajstić information content (AvgIpc) is 3.26. The first kappa shape index (κ1) is 29.8. The van der Waals surface area contributed by atoms with E-state index in [0.717, 1.165) is 15.6 Å². The van der Waals surface area contributed by atoms with Crippen LogP contribution in [0.15, 0.2) is 65.1 Å². The lowest BCUT2D eigenvalue weighted by Crippen LogP contribution is -2.57. The van der Waals surface area contributed by atoms with Crippen molar-refractivity contribution in [3.05, 3.63) is 91.9 Å². The van der Waals surface area contributed by atoms with Crippen LogP contribution in [0.2, 0.25) is 10.0 Å². The predicted molar refractivity (Wildman–Crippen MR) is 168 cm³/mol. The smallest absolute Gasteiger partial charge is 0.409 e. The first-order valence-electron chi connectivity index (χ1n) is 14.2. The van der Waals surface area contributed by atoms with Crippen molar-refractivity contribution in [2.75, 3.05) is 25.0 Å². The number of hydrogen-bond acceptors (Lipinski definition) is 5. The van der Waals surface area contributed by atoms with Crippen LogP contribution in [0.4, 0.5) is 10.5 Å². The number of carbonyl (C=O) groups is 3. The van der Waals surface area contributed by atoms with Gasteiger partial charge in [0.1, 0.15) is 17.3 Å². The van der Waals surface area contributed by atoms with Gasteiger partial charge in [-0.1, -0.05) is 57.3 Å². The number of fused-ring (bicyclic) bond motifs is 2. The average molecular weight is 687 g/mol. The van der Waals surface area contributed by atoms with E-state index in [2.05, 4.69) is 26.6 Å². The fourth-order valence-corrected chi connectivity index (χ4v) is 7.42. The molecule has 2 fully saturated rings. The van der Waals surface area contributed by atoms with Crippen LogP contribution in [0, 0.1) is 0 Å². The highest BCUT2D eigenvalue weighted by molar-refractivity contribution is 9.10. The van der Waals surface area contributed by atoms with Crippen molar-refractivity contribution in [1.29, 1.82) is 0 Å². The molecule has 0 radical (unpaired) electrons. The molecule has 3 aliphatic heterocycles. The summed E-state index contributed by atoms with van der Waals surface area (Å²) >= 11 is 16.4. The molecule has 1 unspecified atom stereocenters. The molecule has 11 heteroatoms. The maximum atomic E-state index is 14.4. The number of nitrogens with zero attached hydrogens (tertiary/aromatic N) is 1. The number of rotatable bonds is 5. The standard InChI is InChI=1S/C32H30BrCl2N3O5/c1-2-42-31(41)38-12-10-22(11-13-38)43-27-9-6-19(33)15-23(27)29-32(24-8-7-21(35)16-26(24)36-30(32)40)25(17-28(39)37-29)18-4-3-5-20(34)14-18/h3-9,14-16,22,25,29H,2,10-13,17H2,1H3,(H,36,40)(H,37,39)/t25-,29+,32?/m0/s1. The molecule has 3 aliphatic rings. The molecule has 0 saturated carbocycles. The van der Waals surface area contributed by atoms with E-state index in [1.807, 2.05) is 42.5 Å². The van der Waals surface area contributed by atoms with Gasteiger partial charge >= 0.3 is 6.09 Å². The number of likely N-dealkylation sites (tertiary alicyclic amines) is 1. The molecule has 3 heterocycles. The second kappa shape index (κ2) is 12.0. The Morgan fingerprint density at radius 1 is 1.05 bits per heavy atom. The monoisotopic (exact) mass is 685 g/mol. The van der Waals surface area contributed by atoms with Gasteiger partial charge < -0.3 is 25.0 Å². The summed E-state index contributed by atoms with van der Waals surface area (Å²) in [6, 6.07) is 17.5. The van der Waals surface area contributed by atoms with E-state index in [9.17, 15) is 14.4 Å². The van der Waals surface area contributed by atoms with E-state index >= 15 is 0 Å². The third-order valence-corrected chi connectivity index (χ3v) is 9.51. The minimum Gasteiger partial charge on any atom is -0.490 e. The maximum absolute atomic E-state index is 14.4. The molecule has 3 aromatic rings. The third-order valence-electron chi connectivity index (χ3n) is 8.55. The Kier molecular flexibility index (Phi) is 8.33. The Hall–Kier alpha value is -3.27. The summed E-state index contributed by atoms with van der Waals surface area (Å²) in [5, 5.41) is 7.24. The number of hydrogen-bond donors (Lipinski definition) is 2. The number of ether oxygens (including phenoxy) is 2. The Balaban J connectivity index is 1.44. The fourth-order valence-electron chi connectivity index (χ4n) is 6.67. The molecule has 3 amide bonds. The van der Waals surface area contributed by atoms with Gasteiger partial charge in [0.2, 0.25) is 11.8 Å². The topological polar surface area (TPSA) is 97.0 Å². The second-order valence-corrected chi connectivity index (χ2v) is 12.8. The third kappa shape index (κ3) is 5.47. The zero-order valence-corrected chi connectivity index (χ0v) is 26.5. The van der Waals surface area contributed by atoms with Crippen LogP contribution < -0.4 is 15.4 Å². The number of carbonyl (C=O) groups excluding carboxylic acids is 3. The predicted octanol–water partition coefficient (Wildman–Crippen LogP) is 6.99. The fraction of sp³-hybridized carbons (Fsp3) is 0.344. The quantitative estimate of drug-likeness (QED) is 0.302. The number of halogens is 3. The van der Waals surface area contributed by atoms with Crippen molar-refractivity contribution >= 4 is 62.7 Å². The normalized spacial score (nSPS) is 23.5. The maximum Gasteiger partial charge on any atom is 0.409 e. The van der Waals surface area contributed by atoms with Gasteiger partial charge in [-0.15, -0.1) is 0 Å². The zero-order chi connectivity index (χ0) is 30.3. The summed E-state index contributed by atoms with van der Waals surface area (Å²) in [6.07, 6.45) is 0.818. The van der Waals surface area contributed by atoms with Gasteiger partial charge in [0.15, 0.2) is 0 Å². The molecule has 8 nitrogen and oxygen atoms in total. The van der Waals surface area contributed by atoms with Crippen LogP contribution in [0.3, 0.4) is 0 Å². The molecule has 6 rings (SSSR count). The van der Waals surface area contributed by atoms with Gasteiger partial charge in [-0.25, -0.2) is 4.79 Å². The Bertz CT molecular complexity index is 1590. The number of benzene rings is 3. The summed E-state index contributed by atoms with van der Waals surface area (Å²) in [5.74, 6) is -0.408. The summed E-state index contributed by atoms with van der Waals surface area (Å²) in [6.45, 7) is 3.12. The number of anilines is 1. The van der Waals surface area contributed by atoms with Gasteiger partial charge in [0.25, 0.3) is 0 Å². The van der Waals surface area contributed by atoms with Gasteiger partial charge in [-0.2, -0.15) is 0 Å². The van der Waals surface area contributed by atoms with E-state index in [0.29, 0.717) is 59.6 Å². The molecule has 43 heavy (non-hydrogen) atoms. The van der Waals surface area contributed by atoms with E-state index < -0.39 is 17.4 Å². The van der Waals surface area contributed by atoms with E-state index in [-0.39, 0.29) is 30.4 Å². The van der Waals surface area contributed by atoms with Gasteiger partial charge in [0.05, 0.1) is 12.6 Å². The van der Waals surface area contributed by atoms with Gasteiger partial charge in [-0.05, 0) is 60.5 Å². The van der Waals surface area contributed by atoms with Crippen molar-refractivity contribution in [3.63, 3.8) is 0 Å². The molecule has 0 aromatic heterocycles. The summed E-state index contributed by atoms with van der Waals surface area (Å²) in [4.78, 5) is 41.7. The van der Waals surface area contributed by atoms with E-state index in [4.69, 9.17) is 32.7 Å². The van der Waals surface area contributed by atoms with Crippen LogP contribution >= 0.6 is 39.1 Å². The highest BCUT2D eigenvalue weighted by Gasteiger charge is 2.61. The SMILES string of the molecule is CCOC(=O)N1CCC(Oc2ccc(Br)cc2[C@H]2NC(=O)C[C@@H](c3cccc(Cl)c3)C23C(=O)Nc2cc(Cl)ccc23)CC1. The number of piperidine rings is 2. The summed E-state index contributed by atoms with van der Waals surface area (Å²) < 4.78 is 12.5. The van der Waals surface area contributed by atoms with Crippen molar-refractivity contribution in [1.82, 2.24) is 10.2 Å². The lowest BCUT2D eigenvalue weighted by molar-refractivity contribution is -0.131. The molecule has 1 spiro atoms. The molecule has 3 atom stereocenters. The summed E-state index contributed by atoms with van der Waals surface area (Å²) in [7, 11) is 0. The van der Waals surface area contributed by atoms with Gasteiger partial charge in [0, 0.05) is 64.0 Å². The van der Waals surface area contributed by atoms with E-state index in [1.165, 1.54) is 0 Å². The molecular formula is C32H30BrCl2N3O5. The zero-order valence-electron chi connectivity index (χ0n) is 23.4. The molecule has 224 valence electrons. The summed E-state index contributed by atoms with van der Waals surface area (Å²) in [5.41, 5.74) is 1.57. The number of amides is 3. The lowest BCUT2D eigenvalue weighted by Gasteiger charge is -2.47. The minimum absolute atomic E-state index is 0.0862. The van der Waals surface area contributed by atoms with Crippen LogP contribution in [-0.2, 0) is 19.7 Å². The first-order valence-corrected chi connectivity index (χ1v) is 15.8. The van der Waals surface area contributed by atoms with Crippen molar-refractivity contribution in [2.45, 2.75) is 49.7 Å². The van der Waals surface area contributed by atoms with Crippen molar-refractivity contribution in [3.8, 4) is 5.75 Å². The largest absolute Gasteiger partial charge is 0.490 e. The van der Waals surface area contributed by atoms with Crippen molar-refractivity contribution in [2.24, 2.45) is 0 Å². The highest BCUT2D eigenvalue weighted by Crippen LogP contribution is 2.58. The highest BCUT2D eigenvalue weighted by atomic mass is 79.9. The van der Waals surface area contributed by atoms with Crippen LogP contribution in [0.1, 0.15) is 54.8 Å². The molecule has 2 N–H and O–H groups in total. The second-order valence-electron chi connectivity index (χ2n) is 11.0. The Morgan fingerprint density at radius 3 is 2.56 bits per heavy atom. The van der Waals surface area contributed by atoms with Crippen molar-refractivity contribution < 1.29 is 23.9 Å². The molecule has 2 saturated heterocycles. The van der Waals surface area contributed by atoms with Crippen LogP contribution in [-0.4, -0.2) is 48.6 Å². The lowest BCUT2D eigenvalue weighted by atomic mass is 9.59. The van der Waals surface area contributed by atoms with Crippen LogP contribution in [0.25, 0.3) is 0 Å². The molecular weight excluding hydrogens is 657 g/mol. The number of nitrogens with one attached hydrogen (secondary N) is 2. The molecule has 0 bridgehead atoms.